The predicted molar refractivity (Wildman–Crippen MR) is 60.1 cm³/mol. The Morgan fingerprint density at radius 2 is 1.69 bits per heavy atom. The number of sulfonamides is 1. The zero-order valence-corrected chi connectivity index (χ0v) is 10.4. The lowest BCUT2D eigenvalue weighted by Gasteiger charge is -2.22. The smallest absolute Gasteiger partial charge is 0.214 e. The number of hydrogen-bond donors (Lipinski definition) is 2. The monoisotopic (exact) mass is 268 g/mol. The van der Waals surface area contributed by atoms with Crippen LogP contribution < -0.4 is 10.5 Å². The fraction of sp³-hybridized carbons (Fsp3) is 1.00. The Labute approximate surface area is 95.6 Å². The van der Waals surface area contributed by atoms with Crippen molar-refractivity contribution in [3.05, 3.63) is 0 Å². The molecule has 0 bridgehead atoms. The third-order valence-electron chi connectivity index (χ3n) is 3.10. The van der Waals surface area contributed by atoms with Crippen molar-refractivity contribution in [2.75, 3.05) is 11.5 Å². The first-order chi connectivity index (χ1) is 7.30. The lowest BCUT2D eigenvalue weighted by atomic mass is 10.2. The fourth-order valence-electron chi connectivity index (χ4n) is 1.84. The van der Waals surface area contributed by atoms with Crippen LogP contribution in [0.1, 0.15) is 19.3 Å². The van der Waals surface area contributed by atoms with Gasteiger partial charge in [-0.3, -0.25) is 0 Å². The summed E-state index contributed by atoms with van der Waals surface area (Å²) < 4.78 is 48.5. The van der Waals surface area contributed by atoms with Crippen molar-refractivity contribution in [2.24, 2.45) is 5.73 Å². The van der Waals surface area contributed by atoms with Gasteiger partial charge in [0.05, 0.1) is 16.8 Å². The molecule has 0 aromatic rings. The topological polar surface area (TPSA) is 106 Å². The van der Waals surface area contributed by atoms with Gasteiger partial charge in [0.1, 0.15) is 9.84 Å². The Bertz CT molecular complexity index is 456. The van der Waals surface area contributed by atoms with Crippen molar-refractivity contribution in [3.8, 4) is 0 Å². The molecule has 0 amide bonds. The van der Waals surface area contributed by atoms with E-state index in [1.807, 2.05) is 0 Å². The minimum atomic E-state index is -3.40. The summed E-state index contributed by atoms with van der Waals surface area (Å²) in [5.41, 5.74) is 5.52. The Hall–Kier alpha value is -0.180. The van der Waals surface area contributed by atoms with E-state index in [-0.39, 0.29) is 36.4 Å². The summed E-state index contributed by atoms with van der Waals surface area (Å²) in [6.45, 7) is 0. The van der Waals surface area contributed by atoms with Gasteiger partial charge in [-0.15, -0.1) is 0 Å². The van der Waals surface area contributed by atoms with Gasteiger partial charge in [-0.1, -0.05) is 0 Å². The summed E-state index contributed by atoms with van der Waals surface area (Å²) >= 11 is 0. The van der Waals surface area contributed by atoms with Crippen LogP contribution in [0.2, 0.25) is 0 Å². The summed E-state index contributed by atoms with van der Waals surface area (Å²) in [5, 5.41) is -0.580. The van der Waals surface area contributed by atoms with Gasteiger partial charge in [-0.05, 0) is 19.3 Å². The first kappa shape index (κ1) is 12.3. The van der Waals surface area contributed by atoms with Crippen LogP contribution in [0.5, 0.6) is 0 Å². The number of hydrogen-bond acceptors (Lipinski definition) is 5. The number of nitrogens with one attached hydrogen (secondary N) is 1. The molecular formula is C8H16N2O4S2. The summed E-state index contributed by atoms with van der Waals surface area (Å²) in [6, 6.07) is -0.231. The molecule has 0 aromatic heterocycles. The molecule has 1 aliphatic heterocycles. The second-order valence-electron chi connectivity index (χ2n) is 4.52. The molecule has 0 aromatic carbocycles. The number of rotatable bonds is 3. The molecule has 0 radical (unpaired) electrons. The van der Waals surface area contributed by atoms with E-state index in [0.717, 1.165) is 0 Å². The molecular weight excluding hydrogens is 252 g/mol. The minimum Gasteiger partial charge on any atom is -0.326 e. The number of sulfone groups is 1. The molecule has 16 heavy (non-hydrogen) atoms. The van der Waals surface area contributed by atoms with Crippen LogP contribution in [0.25, 0.3) is 0 Å². The zero-order valence-electron chi connectivity index (χ0n) is 8.79. The molecule has 0 spiro atoms. The summed E-state index contributed by atoms with van der Waals surface area (Å²) in [4.78, 5) is 0. The van der Waals surface area contributed by atoms with Crippen molar-refractivity contribution < 1.29 is 16.8 Å². The summed E-state index contributed by atoms with van der Waals surface area (Å²) in [7, 11) is -6.41. The van der Waals surface area contributed by atoms with E-state index in [2.05, 4.69) is 4.72 Å². The third kappa shape index (κ3) is 2.73. The standard InChI is InChI=1S/C8H16N2O4S2/c9-7-5-8(7)10-16(13,14)6-1-3-15(11,12)4-2-6/h6-8,10H,1-5,9H2. The Morgan fingerprint density at radius 3 is 2.12 bits per heavy atom. The maximum absolute atomic E-state index is 11.8. The first-order valence-corrected chi connectivity index (χ1v) is 8.64. The highest BCUT2D eigenvalue weighted by atomic mass is 32.2. The van der Waals surface area contributed by atoms with E-state index in [4.69, 9.17) is 5.73 Å². The fourth-order valence-corrected chi connectivity index (χ4v) is 5.37. The van der Waals surface area contributed by atoms with Gasteiger partial charge in [0, 0.05) is 12.1 Å². The van der Waals surface area contributed by atoms with Crippen LogP contribution in [0.4, 0.5) is 0 Å². The van der Waals surface area contributed by atoms with Crippen LogP contribution in [-0.2, 0) is 19.9 Å². The van der Waals surface area contributed by atoms with Crippen LogP contribution in [0.15, 0.2) is 0 Å². The quantitative estimate of drug-likeness (QED) is 0.653. The molecule has 8 heteroatoms. The lowest BCUT2D eigenvalue weighted by Crippen LogP contribution is -2.41. The molecule has 6 nitrogen and oxygen atoms in total. The van der Waals surface area contributed by atoms with Gasteiger partial charge in [0.15, 0.2) is 0 Å². The van der Waals surface area contributed by atoms with Crippen LogP contribution in [-0.4, -0.2) is 45.7 Å². The van der Waals surface area contributed by atoms with E-state index < -0.39 is 25.1 Å². The molecule has 1 heterocycles. The van der Waals surface area contributed by atoms with E-state index in [1.54, 1.807) is 0 Å². The van der Waals surface area contributed by atoms with Crippen molar-refractivity contribution >= 4 is 19.9 Å². The Kier molecular flexibility index (Phi) is 3.02. The van der Waals surface area contributed by atoms with Crippen LogP contribution in [0.3, 0.4) is 0 Å². The molecule has 1 aliphatic carbocycles. The molecule has 2 fully saturated rings. The Balaban J connectivity index is 1.97. The highest BCUT2D eigenvalue weighted by molar-refractivity contribution is 7.92. The van der Waals surface area contributed by atoms with Crippen molar-refractivity contribution in [1.82, 2.24) is 4.72 Å². The van der Waals surface area contributed by atoms with E-state index in [9.17, 15) is 16.8 Å². The van der Waals surface area contributed by atoms with Gasteiger partial charge in [0.2, 0.25) is 10.0 Å². The highest BCUT2D eigenvalue weighted by Crippen LogP contribution is 2.23. The average molecular weight is 268 g/mol. The summed E-state index contributed by atoms with van der Waals surface area (Å²) in [6.07, 6.45) is 1.06. The molecule has 2 rings (SSSR count). The second-order valence-corrected chi connectivity index (χ2v) is 8.82. The molecule has 2 atom stereocenters. The van der Waals surface area contributed by atoms with Crippen LogP contribution >= 0.6 is 0 Å². The zero-order chi connectivity index (χ0) is 12.0. The van der Waals surface area contributed by atoms with Crippen molar-refractivity contribution in [3.63, 3.8) is 0 Å². The van der Waals surface area contributed by atoms with E-state index in [1.165, 1.54) is 0 Å². The van der Waals surface area contributed by atoms with E-state index in [0.29, 0.717) is 6.42 Å². The molecule has 2 aliphatic rings. The van der Waals surface area contributed by atoms with Crippen molar-refractivity contribution in [1.29, 1.82) is 0 Å². The van der Waals surface area contributed by atoms with Crippen LogP contribution in [0, 0.1) is 0 Å². The molecule has 3 N–H and O–H groups in total. The van der Waals surface area contributed by atoms with Gasteiger partial charge in [0.25, 0.3) is 0 Å². The van der Waals surface area contributed by atoms with Gasteiger partial charge in [-0.2, -0.15) is 0 Å². The van der Waals surface area contributed by atoms with E-state index >= 15 is 0 Å². The summed E-state index contributed by atoms with van der Waals surface area (Å²) in [5.74, 6) is -0.0649. The predicted octanol–water partition coefficient (Wildman–Crippen LogP) is -1.42. The van der Waals surface area contributed by atoms with Gasteiger partial charge in [-0.25, -0.2) is 21.6 Å². The Morgan fingerprint density at radius 1 is 1.19 bits per heavy atom. The average Bonchev–Trinajstić information content (AvgIpc) is 2.79. The second kappa shape index (κ2) is 3.94. The first-order valence-electron chi connectivity index (χ1n) is 5.27. The largest absolute Gasteiger partial charge is 0.326 e. The minimum absolute atomic E-state index is 0.0324. The molecule has 2 unspecified atom stereocenters. The molecule has 1 saturated carbocycles. The number of nitrogens with two attached hydrogens (primary N) is 1. The normalized spacial score (nSPS) is 34.8. The third-order valence-corrected chi connectivity index (χ3v) is 6.79. The molecule has 94 valence electrons. The van der Waals surface area contributed by atoms with Gasteiger partial charge < -0.3 is 5.73 Å². The SMILES string of the molecule is NC1CC1NS(=O)(=O)C1CCS(=O)(=O)CC1. The van der Waals surface area contributed by atoms with Crippen molar-refractivity contribution in [2.45, 2.75) is 36.6 Å². The highest BCUT2D eigenvalue weighted by Gasteiger charge is 2.40. The maximum Gasteiger partial charge on any atom is 0.214 e. The lowest BCUT2D eigenvalue weighted by molar-refractivity contribution is 0.541. The van der Waals surface area contributed by atoms with Gasteiger partial charge >= 0.3 is 0 Å². The molecule has 1 saturated heterocycles. The maximum atomic E-state index is 11.8.